The molecule has 1 fully saturated rings. The van der Waals surface area contributed by atoms with Crippen molar-refractivity contribution < 1.29 is 4.74 Å². The Bertz CT molecular complexity index is 315. The van der Waals surface area contributed by atoms with Gasteiger partial charge in [-0.3, -0.25) is 0 Å². The van der Waals surface area contributed by atoms with Gasteiger partial charge in [0.25, 0.3) is 0 Å². The zero-order valence-corrected chi connectivity index (χ0v) is 10.6. The smallest absolute Gasteiger partial charge is 0.0587 e. The molecule has 3 nitrogen and oxygen atoms in total. The first-order valence-electron chi connectivity index (χ1n) is 6.43. The highest BCUT2D eigenvalue weighted by molar-refractivity contribution is 5.48. The molecule has 0 saturated carbocycles. The van der Waals surface area contributed by atoms with Crippen LogP contribution in [-0.2, 0) is 4.74 Å². The molecule has 2 rings (SSSR count). The average Bonchev–Trinajstić information content (AvgIpc) is 2.84. The number of hydrogen-bond donors (Lipinski definition) is 1. The Kier molecular flexibility index (Phi) is 4.83. The van der Waals surface area contributed by atoms with E-state index in [4.69, 9.17) is 4.74 Å². The molecule has 0 radical (unpaired) electrons. The monoisotopic (exact) mass is 234 g/mol. The van der Waals surface area contributed by atoms with Crippen LogP contribution in [0.5, 0.6) is 0 Å². The van der Waals surface area contributed by atoms with Gasteiger partial charge in [0.15, 0.2) is 0 Å². The second-order valence-corrected chi connectivity index (χ2v) is 4.52. The normalized spacial score (nSPS) is 19.8. The average molecular weight is 234 g/mol. The number of para-hydroxylation sites is 1. The van der Waals surface area contributed by atoms with Crippen LogP contribution in [0.25, 0.3) is 0 Å². The van der Waals surface area contributed by atoms with Crippen LogP contribution in [0.1, 0.15) is 12.8 Å². The highest BCUT2D eigenvalue weighted by atomic mass is 16.5. The van der Waals surface area contributed by atoms with Crippen molar-refractivity contribution in [2.75, 3.05) is 38.3 Å². The molecule has 1 aliphatic rings. The Morgan fingerprint density at radius 2 is 2.18 bits per heavy atom. The lowest BCUT2D eigenvalue weighted by Gasteiger charge is -2.27. The minimum Gasteiger partial charge on any atom is -0.383 e. The van der Waals surface area contributed by atoms with Crippen molar-refractivity contribution in [2.24, 2.45) is 0 Å². The molecule has 0 amide bonds. The van der Waals surface area contributed by atoms with Gasteiger partial charge in [-0.05, 0) is 25.0 Å². The SMILES string of the molecule is COCCNCC1CCCN1c1ccccc1. The molecule has 0 bridgehead atoms. The lowest BCUT2D eigenvalue weighted by molar-refractivity contribution is 0.199. The first kappa shape index (κ1) is 12.4. The van der Waals surface area contributed by atoms with Crippen LogP contribution >= 0.6 is 0 Å². The maximum atomic E-state index is 5.04. The topological polar surface area (TPSA) is 24.5 Å². The second-order valence-electron chi connectivity index (χ2n) is 4.52. The van der Waals surface area contributed by atoms with E-state index in [1.165, 1.54) is 25.1 Å². The van der Waals surface area contributed by atoms with E-state index in [9.17, 15) is 0 Å². The standard InChI is InChI=1S/C14H22N2O/c1-17-11-9-15-12-14-8-5-10-16(14)13-6-3-2-4-7-13/h2-4,6-7,14-15H,5,8-12H2,1H3. The number of rotatable bonds is 6. The van der Waals surface area contributed by atoms with Gasteiger partial charge in [-0.25, -0.2) is 0 Å². The van der Waals surface area contributed by atoms with Crippen molar-refractivity contribution >= 4 is 5.69 Å². The van der Waals surface area contributed by atoms with Crippen molar-refractivity contribution in [3.05, 3.63) is 30.3 Å². The number of nitrogens with one attached hydrogen (secondary N) is 1. The Labute approximate surface area is 104 Å². The van der Waals surface area contributed by atoms with Gasteiger partial charge in [-0.1, -0.05) is 18.2 Å². The van der Waals surface area contributed by atoms with Gasteiger partial charge in [-0.15, -0.1) is 0 Å². The number of anilines is 1. The molecular formula is C14H22N2O. The molecule has 0 aromatic heterocycles. The van der Waals surface area contributed by atoms with E-state index < -0.39 is 0 Å². The Morgan fingerprint density at radius 1 is 1.35 bits per heavy atom. The van der Waals surface area contributed by atoms with E-state index >= 15 is 0 Å². The molecule has 1 atom stereocenters. The van der Waals surface area contributed by atoms with Gasteiger partial charge in [-0.2, -0.15) is 0 Å². The number of methoxy groups -OCH3 is 1. The molecule has 3 heteroatoms. The van der Waals surface area contributed by atoms with Crippen LogP contribution in [0, 0.1) is 0 Å². The number of benzene rings is 1. The molecule has 94 valence electrons. The summed E-state index contributed by atoms with van der Waals surface area (Å²) in [6.07, 6.45) is 2.58. The van der Waals surface area contributed by atoms with Gasteiger partial charge < -0.3 is 15.0 Å². The maximum Gasteiger partial charge on any atom is 0.0587 e. The van der Waals surface area contributed by atoms with Gasteiger partial charge in [0.1, 0.15) is 0 Å². The molecule has 1 aromatic carbocycles. The summed E-state index contributed by atoms with van der Waals surface area (Å²) in [6, 6.07) is 11.3. The van der Waals surface area contributed by atoms with Crippen molar-refractivity contribution in [1.29, 1.82) is 0 Å². The Balaban J connectivity index is 1.85. The number of ether oxygens (including phenoxy) is 1. The third-order valence-corrected chi connectivity index (χ3v) is 3.33. The summed E-state index contributed by atoms with van der Waals surface area (Å²) in [5, 5.41) is 3.46. The lowest BCUT2D eigenvalue weighted by Crippen LogP contribution is -2.38. The Morgan fingerprint density at radius 3 is 2.94 bits per heavy atom. The van der Waals surface area contributed by atoms with Crippen LogP contribution in [0.2, 0.25) is 0 Å². The van der Waals surface area contributed by atoms with E-state index in [1.807, 2.05) is 0 Å². The first-order chi connectivity index (χ1) is 8.42. The summed E-state index contributed by atoms with van der Waals surface area (Å²) < 4.78 is 5.04. The van der Waals surface area contributed by atoms with Gasteiger partial charge in [0.05, 0.1) is 6.61 Å². The molecule has 0 spiro atoms. The minimum absolute atomic E-state index is 0.634. The molecular weight excluding hydrogens is 212 g/mol. The van der Waals surface area contributed by atoms with Gasteiger partial charge in [0, 0.05) is 38.5 Å². The molecule has 1 unspecified atom stereocenters. The van der Waals surface area contributed by atoms with E-state index in [0.29, 0.717) is 6.04 Å². The highest BCUT2D eigenvalue weighted by Crippen LogP contribution is 2.24. The summed E-state index contributed by atoms with van der Waals surface area (Å²) in [6.45, 7) is 3.96. The van der Waals surface area contributed by atoms with Crippen molar-refractivity contribution in [2.45, 2.75) is 18.9 Å². The van der Waals surface area contributed by atoms with Crippen LogP contribution < -0.4 is 10.2 Å². The van der Waals surface area contributed by atoms with Crippen LogP contribution in [0.15, 0.2) is 30.3 Å². The zero-order valence-electron chi connectivity index (χ0n) is 10.6. The van der Waals surface area contributed by atoms with E-state index in [0.717, 1.165) is 19.7 Å². The van der Waals surface area contributed by atoms with Crippen LogP contribution in [0.4, 0.5) is 5.69 Å². The summed E-state index contributed by atoms with van der Waals surface area (Å²) in [5.41, 5.74) is 1.35. The summed E-state index contributed by atoms with van der Waals surface area (Å²) in [4.78, 5) is 2.51. The minimum atomic E-state index is 0.634. The van der Waals surface area contributed by atoms with Gasteiger partial charge >= 0.3 is 0 Å². The highest BCUT2D eigenvalue weighted by Gasteiger charge is 2.23. The van der Waals surface area contributed by atoms with Gasteiger partial charge in [0.2, 0.25) is 0 Å². The summed E-state index contributed by atoms with van der Waals surface area (Å²) in [5.74, 6) is 0. The fourth-order valence-corrected chi connectivity index (χ4v) is 2.45. The van der Waals surface area contributed by atoms with Crippen LogP contribution in [0.3, 0.4) is 0 Å². The van der Waals surface area contributed by atoms with E-state index in [-0.39, 0.29) is 0 Å². The molecule has 17 heavy (non-hydrogen) atoms. The largest absolute Gasteiger partial charge is 0.383 e. The maximum absolute atomic E-state index is 5.04. The number of hydrogen-bond acceptors (Lipinski definition) is 3. The molecule has 1 aliphatic heterocycles. The van der Waals surface area contributed by atoms with Crippen molar-refractivity contribution in [1.82, 2.24) is 5.32 Å². The predicted molar refractivity (Wildman–Crippen MR) is 71.6 cm³/mol. The summed E-state index contributed by atoms with van der Waals surface area (Å²) >= 11 is 0. The van der Waals surface area contributed by atoms with E-state index in [2.05, 4.69) is 40.5 Å². The fourth-order valence-electron chi connectivity index (χ4n) is 2.45. The summed E-state index contributed by atoms with van der Waals surface area (Å²) in [7, 11) is 1.74. The van der Waals surface area contributed by atoms with Crippen molar-refractivity contribution in [3.63, 3.8) is 0 Å². The quantitative estimate of drug-likeness (QED) is 0.761. The first-order valence-corrected chi connectivity index (χ1v) is 6.43. The third-order valence-electron chi connectivity index (χ3n) is 3.33. The molecule has 0 aliphatic carbocycles. The molecule has 1 aromatic rings. The zero-order chi connectivity index (χ0) is 11.9. The van der Waals surface area contributed by atoms with Crippen molar-refractivity contribution in [3.8, 4) is 0 Å². The number of nitrogens with zero attached hydrogens (tertiary/aromatic N) is 1. The fraction of sp³-hybridized carbons (Fsp3) is 0.571. The third kappa shape index (κ3) is 3.45. The molecule has 1 heterocycles. The van der Waals surface area contributed by atoms with Crippen LogP contribution in [-0.4, -0.2) is 39.4 Å². The predicted octanol–water partition coefficient (Wildman–Crippen LogP) is 1.89. The lowest BCUT2D eigenvalue weighted by atomic mass is 10.2. The Hall–Kier alpha value is -1.06. The van der Waals surface area contributed by atoms with E-state index in [1.54, 1.807) is 7.11 Å². The molecule has 1 saturated heterocycles. The molecule has 1 N–H and O–H groups in total. The second kappa shape index (κ2) is 6.62.